The minimum absolute atomic E-state index is 0.00439. The van der Waals surface area contributed by atoms with Gasteiger partial charge in [0, 0.05) is 82.5 Å². The lowest BCUT2D eigenvalue weighted by Gasteiger charge is -2.54. The van der Waals surface area contributed by atoms with E-state index in [9.17, 15) is 41.9 Å². The number of amides is 12. The Morgan fingerprint density at radius 1 is 0.654 bits per heavy atom. The van der Waals surface area contributed by atoms with E-state index in [1.165, 1.54) is 90.7 Å². The minimum atomic E-state index is -4.45. The Labute approximate surface area is 630 Å². The molecule has 3 N–H and O–H groups in total. The Morgan fingerprint density at radius 3 is 1.93 bits per heavy atom. The van der Waals surface area contributed by atoms with Crippen LogP contribution in [-0.2, 0) is 62.3 Å². The van der Waals surface area contributed by atoms with Crippen LogP contribution in [0.4, 0.5) is 17.6 Å². The van der Waals surface area contributed by atoms with Crippen molar-refractivity contribution in [2.45, 2.75) is 274 Å². The van der Waals surface area contributed by atoms with Crippen LogP contribution in [0.5, 0.6) is 0 Å². The Bertz CT molecular complexity index is 3230. The number of likely N-dealkylation sites (N-methyl/N-ethyl adjacent to an activating group) is 7. The predicted octanol–water partition coefficient (Wildman–Crippen LogP) is 6.64. The van der Waals surface area contributed by atoms with Gasteiger partial charge in [0.25, 0.3) is 0 Å². The molecule has 0 aromatic carbocycles. The standard InChI is InChI=1S/C78H124F4N12O13/c1-15-24-57-67(98)84-65(47(4)16-2)73(104)88(10)44-64(97)90(12)58-29-19-18-22-36-93(72(58)103)61(39-48-30-33-52(34-31-48)78(80,81)82)71(102)87(9)43-62(95)83-56(35-32-49-37-51-27-23-28-54(51)55(79)38-49)69(100)94-42-53(107-17-3)40-59(94)68(99)85-77(45-76(5,6)46-77)75(106)92(14)66(50-25-20-21-26-50)74(105)91(13)60(70(101)86(7)8)41-63(96)89(57)11/h18-19,47-61,65-66H,15-17,20-46H2,1-14H3,(H,83,95)(H,84,98)(H,85,99)/b19-18-/t47-,48?,49?,51?,52?,53+,54?,55?,56-,57-,58-,59-,60-,61-,65-,66-/m0/s1. The first-order valence-electron chi connectivity index (χ1n) is 39.6. The molecule has 0 aromatic rings. The van der Waals surface area contributed by atoms with Gasteiger partial charge in [0.05, 0.1) is 31.5 Å². The van der Waals surface area contributed by atoms with E-state index in [1.807, 2.05) is 20.8 Å². The van der Waals surface area contributed by atoms with E-state index in [0.717, 1.165) is 48.3 Å². The fourth-order valence-corrected chi connectivity index (χ4v) is 19.0. The number of nitrogens with zero attached hydrogens (tertiary/aromatic N) is 9. The molecule has 14 atom stereocenters. The van der Waals surface area contributed by atoms with Gasteiger partial charge < -0.3 is 64.8 Å². The first kappa shape index (κ1) is 85.7. The number of carbonyl (C=O) groups excluding carboxylic acids is 12. The molecular weight excluding hydrogens is 1390 g/mol. The summed E-state index contributed by atoms with van der Waals surface area (Å²) in [5.74, 6) is -11.2. The third kappa shape index (κ3) is 20.4. The zero-order valence-electron chi connectivity index (χ0n) is 66.0. The average molecular weight is 1510 g/mol. The Balaban J connectivity index is 1.20. The van der Waals surface area contributed by atoms with Crippen LogP contribution >= 0.6 is 0 Å². The second-order valence-corrected chi connectivity index (χ2v) is 33.7. The zero-order valence-corrected chi connectivity index (χ0v) is 66.0. The molecule has 2 saturated heterocycles. The van der Waals surface area contributed by atoms with Crippen molar-refractivity contribution in [2.75, 3.05) is 89.2 Å². The highest BCUT2D eigenvalue weighted by Crippen LogP contribution is 2.51. The molecule has 3 aliphatic heterocycles. The van der Waals surface area contributed by atoms with Crippen LogP contribution in [0.2, 0.25) is 0 Å². The number of hydrogen-bond donors (Lipinski definition) is 3. The summed E-state index contributed by atoms with van der Waals surface area (Å²) in [6.45, 7) is 9.76. The molecule has 4 unspecified atom stereocenters. The molecule has 8 aliphatic rings. The van der Waals surface area contributed by atoms with Gasteiger partial charge in [-0.1, -0.05) is 85.3 Å². The van der Waals surface area contributed by atoms with Gasteiger partial charge in [0.1, 0.15) is 60.0 Å². The van der Waals surface area contributed by atoms with Gasteiger partial charge in [-0.05, 0) is 157 Å². The average Bonchev–Trinajstić information content (AvgIpc) is 1.28. The minimum Gasteiger partial charge on any atom is -0.377 e. The summed E-state index contributed by atoms with van der Waals surface area (Å²) in [5.41, 5.74) is -2.14. The smallest absolute Gasteiger partial charge is 0.377 e. The summed E-state index contributed by atoms with van der Waals surface area (Å²) in [5, 5.41) is 8.90. The Morgan fingerprint density at radius 2 is 1.31 bits per heavy atom. The van der Waals surface area contributed by atoms with Gasteiger partial charge in [0.2, 0.25) is 70.9 Å². The van der Waals surface area contributed by atoms with Crippen molar-refractivity contribution in [2.24, 2.45) is 46.8 Å². The Hall–Kier alpha value is -6.94. The van der Waals surface area contributed by atoms with E-state index in [2.05, 4.69) is 16.0 Å². The van der Waals surface area contributed by atoms with Gasteiger partial charge in [-0.25, -0.2) is 4.39 Å². The van der Waals surface area contributed by atoms with E-state index < -0.39 is 192 Å². The summed E-state index contributed by atoms with van der Waals surface area (Å²) in [7, 11) is 11.4. The topological polar surface area (TPSA) is 279 Å². The molecule has 29 heteroatoms. The van der Waals surface area contributed by atoms with E-state index in [1.54, 1.807) is 32.9 Å². The third-order valence-corrected chi connectivity index (χ3v) is 25.2. The lowest BCUT2D eigenvalue weighted by Crippen LogP contribution is -2.71. The van der Waals surface area contributed by atoms with Crippen LogP contribution < -0.4 is 16.0 Å². The number of fused-ring (bicyclic) bond motifs is 4. The summed E-state index contributed by atoms with van der Waals surface area (Å²) >= 11 is 0. The molecule has 2 bridgehead atoms. The van der Waals surface area contributed by atoms with Crippen molar-refractivity contribution < 1.29 is 79.8 Å². The second-order valence-electron chi connectivity index (χ2n) is 33.7. The van der Waals surface area contributed by atoms with Gasteiger partial charge in [-0.2, -0.15) is 13.2 Å². The van der Waals surface area contributed by atoms with E-state index >= 15 is 33.2 Å². The summed E-state index contributed by atoms with van der Waals surface area (Å²) in [6, 6.07) is -10.4. The second kappa shape index (κ2) is 36.7. The van der Waals surface area contributed by atoms with Crippen molar-refractivity contribution in [3.05, 3.63) is 12.2 Å². The van der Waals surface area contributed by atoms with Crippen LogP contribution in [0, 0.1) is 46.8 Å². The fraction of sp³-hybridized carbons (Fsp3) is 0.821. The van der Waals surface area contributed by atoms with Crippen LogP contribution in [0.25, 0.3) is 0 Å². The van der Waals surface area contributed by atoms with Crippen molar-refractivity contribution in [3.8, 4) is 0 Å². The van der Waals surface area contributed by atoms with Gasteiger partial charge in [0.15, 0.2) is 0 Å². The summed E-state index contributed by atoms with van der Waals surface area (Å²) < 4.78 is 64.7. The number of ether oxygens (including phenoxy) is 1. The summed E-state index contributed by atoms with van der Waals surface area (Å²) in [6.07, 6.45) is 4.06. The van der Waals surface area contributed by atoms with Gasteiger partial charge in [-0.15, -0.1) is 0 Å². The van der Waals surface area contributed by atoms with E-state index in [0.29, 0.717) is 32.1 Å². The van der Waals surface area contributed by atoms with Crippen molar-refractivity contribution in [1.82, 2.24) is 60.0 Å². The molecule has 25 nitrogen and oxygen atoms in total. The largest absolute Gasteiger partial charge is 0.391 e. The number of carbonyl (C=O) groups is 12. The van der Waals surface area contributed by atoms with Crippen molar-refractivity contribution in [3.63, 3.8) is 0 Å². The molecule has 0 aromatic heterocycles. The maximum atomic E-state index is 16.0. The number of rotatable bonds is 13. The number of halogens is 4. The van der Waals surface area contributed by atoms with Crippen LogP contribution in [0.3, 0.4) is 0 Å². The molecule has 7 fully saturated rings. The van der Waals surface area contributed by atoms with Gasteiger partial charge in [-0.3, -0.25) is 57.5 Å². The highest BCUT2D eigenvalue weighted by molar-refractivity contribution is 6.01. The van der Waals surface area contributed by atoms with Gasteiger partial charge >= 0.3 is 6.18 Å². The zero-order chi connectivity index (χ0) is 78.9. The maximum absolute atomic E-state index is 16.0. The van der Waals surface area contributed by atoms with Crippen molar-refractivity contribution in [1.29, 1.82) is 0 Å². The third-order valence-electron chi connectivity index (χ3n) is 25.2. The molecule has 12 amide bonds. The molecule has 3 heterocycles. The fourth-order valence-electron chi connectivity index (χ4n) is 19.0. The predicted molar refractivity (Wildman–Crippen MR) is 392 cm³/mol. The first-order chi connectivity index (χ1) is 50.4. The Kier molecular flexibility index (Phi) is 29.4. The SMILES string of the molecule is CCC[C@H]1C(=O)N[C@@H]([C@@H](C)CC)C(=O)N(C)CC(=O)N(C)[C@H]2C/C=C\CCN(C2=O)[C@@H](CC2CCC(C(F)(F)F)CC2)C(=O)N(C)CC(=O)N[C@@H](CCC2CC(F)C3CCCC3C2)C(=O)N2C[C@H](OCC)C[C@H]2C(=O)NC2(CC(C)(C)C2)C(=O)N(C)[C@@H](C2CCCC2)C(=O)N(C)[C@H](C(=O)N(C)C)CC(=O)N1C. The molecule has 5 aliphatic carbocycles. The van der Waals surface area contributed by atoms with E-state index in [4.69, 9.17) is 4.74 Å². The molecule has 107 heavy (non-hydrogen) atoms. The lowest BCUT2D eigenvalue weighted by molar-refractivity contribution is -0.184. The van der Waals surface area contributed by atoms with Crippen LogP contribution in [-0.4, -0.2) is 276 Å². The maximum Gasteiger partial charge on any atom is 0.391 e. The molecule has 602 valence electrons. The molecule has 5 saturated carbocycles. The summed E-state index contributed by atoms with van der Waals surface area (Å²) in [4.78, 5) is 193. The normalized spacial score (nSPS) is 33.0. The number of alkyl halides is 4. The molecule has 0 radical (unpaired) electrons. The monoisotopic (exact) mass is 1510 g/mol. The molecule has 1 spiro atoms. The highest BCUT2D eigenvalue weighted by atomic mass is 19.4. The number of hydrogen-bond acceptors (Lipinski definition) is 13. The lowest BCUT2D eigenvalue weighted by atomic mass is 9.58. The van der Waals surface area contributed by atoms with Crippen LogP contribution in [0.15, 0.2) is 12.2 Å². The molecular formula is C78H124F4N12O13. The quantitative estimate of drug-likeness (QED) is 0.129. The van der Waals surface area contributed by atoms with E-state index in [-0.39, 0.29) is 121 Å². The number of nitrogens with one attached hydrogen (secondary N) is 3. The first-order valence-corrected chi connectivity index (χ1v) is 39.6. The van der Waals surface area contributed by atoms with Crippen LogP contribution in [0.1, 0.15) is 202 Å². The molecule has 8 rings (SSSR count). The van der Waals surface area contributed by atoms with Crippen molar-refractivity contribution >= 4 is 70.9 Å². The highest BCUT2D eigenvalue weighted by Gasteiger charge is 2.60.